The topological polar surface area (TPSA) is 0 Å². The summed E-state index contributed by atoms with van der Waals surface area (Å²) in [7, 11) is -1.76. The molecule has 0 saturated heterocycles. The van der Waals surface area contributed by atoms with Crippen molar-refractivity contribution in [1.29, 1.82) is 0 Å². The van der Waals surface area contributed by atoms with Crippen LogP contribution in [0.5, 0.6) is 0 Å². The number of hydrogen-bond acceptors (Lipinski definition) is 0. The number of hydrogen-bond donors (Lipinski definition) is 0. The van der Waals surface area contributed by atoms with Gasteiger partial charge in [-0.1, -0.05) is 97.1 Å². The van der Waals surface area contributed by atoms with Crippen molar-refractivity contribution < 1.29 is 0 Å². The summed E-state index contributed by atoms with van der Waals surface area (Å²) in [5.41, 5.74) is 4.15. The van der Waals surface area contributed by atoms with Gasteiger partial charge in [-0.05, 0) is 52.7 Å². The number of rotatable bonds is 3. The fourth-order valence-corrected chi connectivity index (χ4v) is 9.66. The summed E-state index contributed by atoms with van der Waals surface area (Å²) in [6, 6.07) is 46.7. The van der Waals surface area contributed by atoms with E-state index in [1.165, 1.54) is 43.4 Å². The second kappa shape index (κ2) is 7.90. The molecular formula is C31H24P+. The lowest BCUT2D eigenvalue weighted by Gasteiger charge is -2.23. The van der Waals surface area contributed by atoms with Crippen LogP contribution in [-0.4, -0.2) is 6.16 Å². The minimum Gasteiger partial charge on any atom is -0.0620 e. The van der Waals surface area contributed by atoms with Gasteiger partial charge in [-0.2, -0.15) is 0 Å². The van der Waals surface area contributed by atoms with Gasteiger partial charge in [0, 0.05) is 11.1 Å². The average Bonchev–Trinajstić information content (AvgIpc) is 3.21. The molecule has 5 aromatic carbocycles. The maximum Gasteiger partial charge on any atom is 0.117 e. The molecule has 1 heterocycles. The van der Waals surface area contributed by atoms with Crippen LogP contribution in [0.3, 0.4) is 0 Å². The van der Waals surface area contributed by atoms with Crippen LogP contribution in [0, 0.1) is 0 Å². The fraction of sp³-hybridized carbons (Fsp3) is 0.0323. The number of benzene rings is 5. The zero-order valence-corrected chi connectivity index (χ0v) is 18.8. The minimum atomic E-state index is -1.76. The number of allylic oxidation sites excluding steroid dienone is 1. The Balaban J connectivity index is 1.62. The molecule has 152 valence electrons. The first-order valence-corrected chi connectivity index (χ1v) is 13.1. The zero-order valence-electron chi connectivity index (χ0n) is 17.9. The van der Waals surface area contributed by atoms with Crippen LogP contribution in [0.25, 0.3) is 22.4 Å². The smallest absolute Gasteiger partial charge is 0.0620 e. The Hall–Kier alpha value is -3.47. The molecule has 1 heteroatoms. The zero-order chi connectivity index (χ0) is 21.4. The van der Waals surface area contributed by atoms with E-state index in [4.69, 9.17) is 0 Å². The van der Waals surface area contributed by atoms with E-state index in [0.29, 0.717) is 0 Å². The van der Waals surface area contributed by atoms with E-state index < -0.39 is 7.26 Å². The molecule has 0 bridgehead atoms. The van der Waals surface area contributed by atoms with Gasteiger partial charge < -0.3 is 0 Å². The Labute approximate surface area is 190 Å². The molecule has 0 aliphatic carbocycles. The molecule has 0 aromatic heterocycles. The van der Waals surface area contributed by atoms with E-state index in [1.807, 2.05) is 0 Å². The second-order valence-corrected chi connectivity index (χ2v) is 11.8. The van der Waals surface area contributed by atoms with Crippen molar-refractivity contribution in [3.05, 3.63) is 139 Å². The maximum absolute atomic E-state index is 2.44. The van der Waals surface area contributed by atoms with Crippen molar-refractivity contribution >= 4 is 45.6 Å². The first-order valence-electron chi connectivity index (χ1n) is 11.1. The van der Waals surface area contributed by atoms with Crippen LogP contribution in [0.1, 0.15) is 11.1 Å². The molecule has 0 nitrogen and oxygen atoms in total. The maximum atomic E-state index is 2.44. The predicted octanol–water partition coefficient (Wildman–Crippen LogP) is 6.69. The molecule has 5 aromatic rings. The summed E-state index contributed by atoms with van der Waals surface area (Å²) in [6.45, 7) is 0. The van der Waals surface area contributed by atoms with Gasteiger partial charge in [-0.25, -0.2) is 0 Å². The van der Waals surface area contributed by atoms with Gasteiger partial charge in [-0.3, -0.25) is 0 Å². The lowest BCUT2D eigenvalue weighted by atomic mass is 10.00. The molecular weight excluding hydrogens is 403 g/mol. The standard InChI is InChI=1S/C31H24P/c1-3-15-27(16-4-1)32(28-17-5-2-6-18-28)23-26(30-20-9-10-21-31(30)32)22-25-14-11-13-24-12-7-8-19-29(24)25/h1-22H,23H2/q+1/b26-22+. The summed E-state index contributed by atoms with van der Waals surface area (Å²) in [4.78, 5) is 0. The molecule has 0 N–H and O–H groups in total. The highest BCUT2D eigenvalue weighted by atomic mass is 31.2. The summed E-state index contributed by atoms with van der Waals surface area (Å²) < 4.78 is 0. The first-order chi connectivity index (χ1) is 15.9. The van der Waals surface area contributed by atoms with E-state index in [-0.39, 0.29) is 0 Å². The van der Waals surface area contributed by atoms with Crippen LogP contribution < -0.4 is 15.9 Å². The Bertz CT molecular complexity index is 1390. The average molecular weight is 428 g/mol. The van der Waals surface area contributed by atoms with Crippen molar-refractivity contribution in [2.45, 2.75) is 0 Å². The third-order valence-corrected chi connectivity index (χ3v) is 11.0. The van der Waals surface area contributed by atoms with Crippen LogP contribution in [0.2, 0.25) is 0 Å². The second-order valence-electron chi connectivity index (χ2n) is 8.39. The van der Waals surface area contributed by atoms with Crippen LogP contribution in [-0.2, 0) is 0 Å². The van der Waals surface area contributed by atoms with Crippen molar-refractivity contribution in [2.24, 2.45) is 0 Å². The highest BCUT2D eigenvalue weighted by molar-refractivity contribution is 7.96. The third-order valence-electron chi connectivity index (χ3n) is 6.62. The summed E-state index contributed by atoms with van der Waals surface area (Å²) in [5, 5.41) is 7.03. The molecule has 1 aliphatic heterocycles. The van der Waals surface area contributed by atoms with Gasteiger partial charge in [-0.15, -0.1) is 0 Å². The van der Waals surface area contributed by atoms with E-state index in [2.05, 4.69) is 133 Å². The van der Waals surface area contributed by atoms with Crippen LogP contribution in [0.15, 0.2) is 127 Å². The van der Waals surface area contributed by atoms with E-state index >= 15 is 0 Å². The molecule has 0 unspecified atom stereocenters. The van der Waals surface area contributed by atoms with Gasteiger partial charge >= 0.3 is 0 Å². The van der Waals surface area contributed by atoms with Crippen molar-refractivity contribution in [2.75, 3.05) is 6.16 Å². The number of fused-ring (bicyclic) bond motifs is 2. The SMILES string of the molecule is C(=C1/C[P+](c2ccccc2)(c2ccccc2)c2ccccc21)/c1cccc2ccccc12. The van der Waals surface area contributed by atoms with Crippen LogP contribution >= 0.6 is 7.26 Å². The third kappa shape index (κ3) is 3.03. The van der Waals surface area contributed by atoms with Crippen molar-refractivity contribution in [3.63, 3.8) is 0 Å². The molecule has 6 rings (SSSR count). The molecule has 0 atom stereocenters. The van der Waals surface area contributed by atoms with Gasteiger partial charge in [0.05, 0.1) is 6.16 Å². The van der Waals surface area contributed by atoms with Gasteiger partial charge in [0.25, 0.3) is 0 Å². The monoisotopic (exact) mass is 427 g/mol. The van der Waals surface area contributed by atoms with Crippen molar-refractivity contribution in [1.82, 2.24) is 0 Å². The molecule has 1 aliphatic rings. The Kier molecular flexibility index (Phi) is 4.75. The van der Waals surface area contributed by atoms with Gasteiger partial charge in [0.2, 0.25) is 0 Å². The minimum absolute atomic E-state index is 1.06. The molecule has 0 amide bonds. The first kappa shape index (κ1) is 19.2. The van der Waals surface area contributed by atoms with Gasteiger partial charge in [0.15, 0.2) is 0 Å². The lowest BCUT2D eigenvalue weighted by molar-refractivity contribution is 1.66. The van der Waals surface area contributed by atoms with Crippen LogP contribution in [0.4, 0.5) is 0 Å². The quantitative estimate of drug-likeness (QED) is 0.282. The molecule has 32 heavy (non-hydrogen) atoms. The molecule has 0 fully saturated rings. The lowest BCUT2D eigenvalue weighted by Crippen LogP contribution is -2.30. The normalized spacial score (nSPS) is 15.7. The molecule has 0 saturated carbocycles. The Morgan fingerprint density at radius 1 is 0.531 bits per heavy atom. The summed E-state index contributed by atoms with van der Waals surface area (Å²) in [6.07, 6.45) is 3.50. The molecule has 0 radical (unpaired) electrons. The summed E-state index contributed by atoms with van der Waals surface area (Å²) in [5.74, 6) is 0. The Morgan fingerprint density at radius 2 is 1.12 bits per heavy atom. The summed E-state index contributed by atoms with van der Waals surface area (Å²) >= 11 is 0. The molecule has 0 spiro atoms. The van der Waals surface area contributed by atoms with E-state index in [0.717, 1.165) is 6.16 Å². The largest absolute Gasteiger partial charge is 0.117 e. The highest BCUT2D eigenvalue weighted by Gasteiger charge is 2.52. The predicted molar refractivity (Wildman–Crippen MR) is 142 cm³/mol. The fourth-order valence-electron chi connectivity index (χ4n) is 5.17. The van der Waals surface area contributed by atoms with Crippen molar-refractivity contribution in [3.8, 4) is 0 Å². The van der Waals surface area contributed by atoms with Gasteiger partial charge in [0.1, 0.15) is 23.2 Å². The van der Waals surface area contributed by atoms with E-state index in [1.54, 1.807) is 0 Å². The Morgan fingerprint density at radius 3 is 1.88 bits per heavy atom. The van der Waals surface area contributed by atoms with E-state index in [9.17, 15) is 0 Å². The highest BCUT2D eigenvalue weighted by Crippen LogP contribution is 2.63.